The molecule has 23 heavy (non-hydrogen) atoms. The minimum absolute atomic E-state index is 0.0161. The van der Waals surface area contributed by atoms with Crippen molar-refractivity contribution in [2.75, 3.05) is 25.2 Å². The number of likely N-dealkylation sites (tertiary alicyclic amines) is 1. The summed E-state index contributed by atoms with van der Waals surface area (Å²) < 4.78 is 10.6. The number of hydrogen-bond donors (Lipinski definition) is 1. The van der Waals surface area contributed by atoms with E-state index in [1.807, 2.05) is 11.0 Å². The molecule has 0 radical (unpaired) electrons. The van der Waals surface area contributed by atoms with Gasteiger partial charge in [0.2, 0.25) is 18.6 Å². The third kappa shape index (κ3) is 2.98. The van der Waals surface area contributed by atoms with E-state index in [1.165, 1.54) is 0 Å². The summed E-state index contributed by atoms with van der Waals surface area (Å²) in [5.74, 6) is 1.88. The van der Waals surface area contributed by atoms with Gasteiger partial charge in [0.25, 0.3) is 0 Å². The van der Waals surface area contributed by atoms with Crippen molar-refractivity contribution < 1.29 is 19.1 Å². The second-order valence-corrected chi connectivity index (χ2v) is 6.43. The fourth-order valence-electron chi connectivity index (χ4n) is 3.17. The summed E-state index contributed by atoms with van der Waals surface area (Å²) >= 11 is 0. The molecule has 2 amide bonds. The summed E-state index contributed by atoms with van der Waals surface area (Å²) in [5, 5.41) is 2.94. The van der Waals surface area contributed by atoms with Crippen LogP contribution in [0.25, 0.3) is 0 Å². The van der Waals surface area contributed by atoms with E-state index in [1.54, 1.807) is 12.1 Å². The van der Waals surface area contributed by atoms with Crippen molar-refractivity contribution in [1.82, 2.24) is 4.90 Å². The van der Waals surface area contributed by atoms with Gasteiger partial charge in [-0.2, -0.15) is 0 Å². The molecule has 4 rings (SSSR count). The molecule has 6 heteroatoms. The van der Waals surface area contributed by atoms with E-state index in [2.05, 4.69) is 5.32 Å². The minimum atomic E-state index is -0.0383. The molecule has 0 atom stereocenters. The van der Waals surface area contributed by atoms with Crippen LogP contribution in [-0.4, -0.2) is 36.6 Å². The number of amides is 2. The molecule has 1 saturated carbocycles. The van der Waals surface area contributed by atoms with Crippen molar-refractivity contribution in [3.8, 4) is 11.5 Å². The predicted octanol–water partition coefficient (Wildman–Crippen LogP) is 2.00. The Hall–Kier alpha value is -2.24. The van der Waals surface area contributed by atoms with Gasteiger partial charge in [0.15, 0.2) is 11.5 Å². The first-order valence-electron chi connectivity index (χ1n) is 8.20. The van der Waals surface area contributed by atoms with Crippen LogP contribution in [0.3, 0.4) is 0 Å². The van der Waals surface area contributed by atoms with Crippen molar-refractivity contribution in [3.05, 3.63) is 18.2 Å². The number of benzene rings is 1. The lowest BCUT2D eigenvalue weighted by atomic mass is 9.95. The number of carbonyl (C=O) groups is 2. The van der Waals surface area contributed by atoms with Gasteiger partial charge in [-0.05, 0) is 37.8 Å². The molecule has 3 aliphatic rings. The number of piperidine rings is 1. The van der Waals surface area contributed by atoms with Crippen LogP contribution < -0.4 is 14.8 Å². The fourth-order valence-corrected chi connectivity index (χ4v) is 3.17. The zero-order chi connectivity index (χ0) is 15.8. The van der Waals surface area contributed by atoms with E-state index < -0.39 is 0 Å². The monoisotopic (exact) mass is 316 g/mol. The number of ether oxygens (including phenoxy) is 2. The smallest absolute Gasteiger partial charge is 0.231 e. The SMILES string of the molecule is O=C(Nc1ccc2c(c1)OCO2)C1CCN(C(=O)C2CC2)CC1. The van der Waals surface area contributed by atoms with E-state index in [4.69, 9.17) is 9.47 Å². The zero-order valence-corrected chi connectivity index (χ0v) is 12.9. The van der Waals surface area contributed by atoms with E-state index >= 15 is 0 Å². The molecule has 1 aromatic rings. The van der Waals surface area contributed by atoms with Crippen LogP contribution in [0.2, 0.25) is 0 Å². The maximum absolute atomic E-state index is 12.4. The zero-order valence-electron chi connectivity index (χ0n) is 12.9. The van der Waals surface area contributed by atoms with E-state index in [9.17, 15) is 9.59 Å². The third-order valence-electron chi connectivity index (χ3n) is 4.74. The van der Waals surface area contributed by atoms with Gasteiger partial charge in [-0.3, -0.25) is 9.59 Å². The molecule has 1 aliphatic carbocycles. The van der Waals surface area contributed by atoms with Crippen LogP contribution in [0.1, 0.15) is 25.7 Å². The normalized spacial score (nSPS) is 20.4. The Bertz CT molecular complexity index is 633. The number of carbonyl (C=O) groups excluding carboxylic acids is 2. The Morgan fingerprint density at radius 1 is 1.00 bits per heavy atom. The Labute approximate surface area is 134 Å². The van der Waals surface area contributed by atoms with E-state index in [0.717, 1.165) is 31.4 Å². The number of rotatable bonds is 3. The Morgan fingerprint density at radius 3 is 2.48 bits per heavy atom. The number of hydrogen-bond acceptors (Lipinski definition) is 4. The first-order chi connectivity index (χ1) is 11.2. The van der Waals surface area contributed by atoms with Crippen molar-refractivity contribution >= 4 is 17.5 Å². The summed E-state index contributed by atoms with van der Waals surface area (Å²) in [4.78, 5) is 26.4. The summed E-state index contributed by atoms with van der Waals surface area (Å²) in [6, 6.07) is 5.40. The molecule has 0 aromatic heterocycles. The number of anilines is 1. The second kappa shape index (κ2) is 5.76. The fraction of sp³-hybridized carbons (Fsp3) is 0.529. The molecule has 122 valence electrons. The number of fused-ring (bicyclic) bond motifs is 1. The highest BCUT2D eigenvalue weighted by molar-refractivity contribution is 5.93. The van der Waals surface area contributed by atoms with Crippen LogP contribution in [0.15, 0.2) is 18.2 Å². The van der Waals surface area contributed by atoms with Gasteiger partial charge in [0, 0.05) is 36.7 Å². The maximum Gasteiger partial charge on any atom is 0.231 e. The quantitative estimate of drug-likeness (QED) is 0.926. The van der Waals surface area contributed by atoms with Crippen molar-refractivity contribution in [2.45, 2.75) is 25.7 Å². The van der Waals surface area contributed by atoms with Crippen molar-refractivity contribution in [1.29, 1.82) is 0 Å². The third-order valence-corrected chi connectivity index (χ3v) is 4.74. The molecule has 2 fully saturated rings. The highest BCUT2D eigenvalue weighted by Gasteiger charge is 2.36. The molecule has 6 nitrogen and oxygen atoms in total. The first-order valence-corrected chi connectivity index (χ1v) is 8.20. The van der Waals surface area contributed by atoms with Crippen LogP contribution in [0.4, 0.5) is 5.69 Å². The van der Waals surface area contributed by atoms with E-state index in [-0.39, 0.29) is 30.4 Å². The lowest BCUT2D eigenvalue weighted by Crippen LogP contribution is -2.42. The summed E-state index contributed by atoms with van der Waals surface area (Å²) in [5.41, 5.74) is 0.718. The van der Waals surface area contributed by atoms with Crippen LogP contribution in [0.5, 0.6) is 11.5 Å². The lowest BCUT2D eigenvalue weighted by Gasteiger charge is -2.31. The van der Waals surface area contributed by atoms with Gasteiger partial charge in [-0.15, -0.1) is 0 Å². The standard InChI is InChI=1S/C17H20N2O4/c20-16(18-13-3-4-14-15(9-13)23-10-22-14)11-5-7-19(8-6-11)17(21)12-1-2-12/h3-4,9,11-12H,1-2,5-8,10H2,(H,18,20). The molecule has 1 aromatic carbocycles. The first kappa shape index (κ1) is 14.4. The Balaban J connectivity index is 1.32. The largest absolute Gasteiger partial charge is 0.454 e. The van der Waals surface area contributed by atoms with Crippen molar-refractivity contribution in [2.24, 2.45) is 11.8 Å². The van der Waals surface area contributed by atoms with Crippen LogP contribution >= 0.6 is 0 Å². The second-order valence-electron chi connectivity index (χ2n) is 6.43. The molecule has 0 unspecified atom stereocenters. The summed E-state index contributed by atoms with van der Waals surface area (Å²) in [7, 11) is 0. The Kier molecular flexibility index (Phi) is 3.59. The maximum atomic E-state index is 12.4. The number of nitrogens with zero attached hydrogens (tertiary/aromatic N) is 1. The van der Waals surface area contributed by atoms with Gasteiger partial charge in [-0.25, -0.2) is 0 Å². The molecular formula is C17H20N2O4. The summed E-state index contributed by atoms with van der Waals surface area (Å²) in [6.45, 7) is 1.60. The molecule has 1 saturated heterocycles. The highest BCUT2D eigenvalue weighted by Crippen LogP contribution is 2.35. The average Bonchev–Trinajstić information content (AvgIpc) is 3.32. The predicted molar refractivity (Wildman–Crippen MR) is 83.2 cm³/mol. The molecule has 1 N–H and O–H groups in total. The van der Waals surface area contributed by atoms with Gasteiger partial charge >= 0.3 is 0 Å². The molecular weight excluding hydrogens is 296 g/mol. The van der Waals surface area contributed by atoms with Crippen LogP contribution in [0, 0.1) is 11.8 Å². The lowest BCUT2D eigenvalue weighted by molar-refractivity contribution is -0.135. The molecule has 0 spiro atoms. The minimum Gasteiger partial charge on any atom is -0.454 e. The molecule has 2 heterocycles. The molecule has 0 bridgehead atoms. The summed E-state index contributed by atoms with van der Waals surface area (Å²) in [6.07, 6.45) is 3.52. The van der Waals surface area contributed by atoms with Gasteiger partial charge < -0.3 is 19.7 Å². The van der Waals surface area contributed by atoms with Gasteiger partial charge in [0.1, 0.15) is 0 Å². The topological polar surface area (TPSA) is 67.9 Å². The molecule has 2 aliphatic heterocycles. The van der Waals surface area contributed by atoms with E-state index in [0.29, 0.717) is 24.6 Å². The van der Waals surface area contributed by atoms with Crippen LogP contribution in [-0.2, 0) is 9.59 Å². The van der Waals surface area contributed by atoms with Crippen molar-refractivity contribution in [3.63, 3.8) is 0 Å². The number of nitrogens with one attached hydrogen (secondary N) is 1. The Morgan fingerprint density at radius 2 is 1.74 bits per heavy atom. The highest BCUT2D eigenvalue weighted by atomic mass is 16.7. The van der Waals surface area contributed by atoms with Gasteiger partial charge in [0.05, 0.1) is 0 Å². The average molecular weight is 316 g/mol. The van der Waals surface area contributed by atoms with Gasteiger partial charge in [-0.1, -0.05) is 0 Å².